The average Bonchev–Trinajstić information content (AvgIpc) is 2.63. The summed E-state index contributed by atoms with van der Waals surface area (Å²) in [5.74, 6) is 0. The molecule has 0 saturated carbocycles. The van der Waals surface area contributed by atoms with E-state index in [4.69, 9.17) is 6.57 Å². The maximum Gasteiger partial charge on any atom is 0.407 e. The highest BCUT2D eigenvalue weighted by atomic mass is 19.4. The predicted molar refractivity (Wildman–Crippen MR) is 92.9 cm³/mol. The number of hydrogen-bond acceptors (Lipinski definition) is 1. The maximum absolute atomic E-state index is 13.4. The SMILES string of the molecule is [C-]#[N+]c1c(C(F)(F)F)cc(-c2ccccc2)n(Cc2ccccc2)c1=O. The van der Waals surface area contributed by atoms with Gasteiger partial charge in [0.05, 0.1) is 12.1 Å². The third kappa shape index (κ3) is 3.38. The first-order valence-electron chi connectivity index (χ1n) is 7.73. The zero-order chi connectivity index (χ0) is 18.7. The minimum absolute atomic E-state index is 0.0740. The highest BCUT2D eigenvalue weighted by Gasteiger charge is 2.36. The van der Waals surface area contributed by atoms with Crippen molar-refractivity contribution in [2.75, 3.05) is 0 Å². The van der Waals surface area contributed by atoms with Crippen LogP contribution in [0.4, 0.5) is 18.9 Å². The Morgan fingerprint density at radius 1 is 0.962 bits per heavy atom. The summed E-state index contributed by atoms with van der Waals surface area (Å²) in [6.45, 7) is 7.14. The Labute approximate surface area is 147 Å². The molecule has 0 aliphatic rings. The van der Waals surface area contributed by atoms with Gasteiger partial charge in [0, 0.05) is 12.2 Å². The maximum atomic E-state index is 13.4. The Bertz CT molecular complexity index is 1020. The average molecular weight is 354 g/mol. The van der Waals surface area contributed by atoms with Gasteiger partial charge >= 0.3 is 6.18 Å². The summed E-state index contributed by atoms with van der Waals surface area (Å²) in [5, 5.41) is 0. The lowest BCUT2D eigenvalue weighted by Gasteiger charge is -2.18. The number of nitrogens with zero attached hydrogens (tertiary/aromatic N) is 2. The van der Waals surface area contributed by atoms with Crippen LogP contribution < -0.4 is 5.56 Å². The van der Waals surface area contributed by atoms with Crippen molar-refractivity contribution in [2.45, 2.75) is 12.7 Å². The molecule has 0 unspecified atom stereocenters. The molecule has 2 aromatic carbocycles. The summed E-state index contributed by atoms with van der Waals surface area (Å²) in [6, 6.07) is 18.2. The first kappa shape index (κ1) is 17.5. The second-order valence-corrected chi connectivity index (χ2v) is 5.64. The molecule has 0 bridgehead atoms. The van der Waals surface area contributed by atoms with Gasteiger partial charge in [-0.1, -0.05) is 60.7 Å². The molecule has 6 heteroatoms. The van der Waals surface area contributed by atoms with Crippen LogP contribution in [0, 0.1) is 6.57 Å². The first-order valence-corrected chi connectivity index (χ1v) is 7.73. The summed E-state index contributed by atoms with van der Waals surface area (Å²) >= 11 is 0. The van der Waals surface area contributed by atoms with Crippen molar-refractivity contribution in [3.8, 4) is 11.3 Å². The normalized spacial score (nSPS) is 11.2. The van der Waals surface area contributed by atoms with Gasteiger partial charge in [-0.25, -0.2) is 4.85 Å². The van der Waals surface area contributed by atoms with Crippen LogP contribution in [-0.2, 0) is 12.7 Å². The van der Waals surface area contributed by atoms with Gasteiger partial charge in [0.15, 0.2) is 0 Å². The van der Waals surface area contributed by atoms with Gasteiger partial charge in [0.25, 0.3) is 11.2 Å². The molecule has 0 fully saturated rings. The van der Waals surface area contributed by atoms with E-state index in [1.165, 1.54) is 4.57 Å². The molecule has 3 aromatic rings. The molecule has 0 atom stereocenters. The highest BCUT2D eigenvalue weighted by Crippen LogP contribution is 2.37. The summed E-state index contributed by atoms with van der Waals surface area (Å²) in [6.07, 6.45) is -4.78. The van der Waals surface area contributed by atoms with E-state index in [9.17, 15) is 18.0 Å². The third-order valence-corrected chi connectivity index (χ3v) is 3.94. The van der Waals surface area contributed by atoms with Gasteiger partial charge in [0.1, 0.15) is 0 Å². The minimum atomic E-state index is -4.78. The second kappa shape index (κ2) is 6.89. The van der Waals surface area contributed by atoms with E-state index < -0.39 is 23.0 Å². The standard InChI is InChI=1S/C20H13F3N2O/c1-24-18-16(20(21,22)23)12-17(15-10-6-3-7-11-15)25(19(18)26)13-14-8-4-2-5-9-14/h2-12H,13H2. The van der Waals surface area contributed by atoms with E-state index in [-0.39, 0.29) is 12.2 Å². The van der Waals surface area contributed by atoms with E-state index in [2.05, 4.69) is 4.85 Å². The van der Waals surface area contributed by atoms with Crippen molar-refractivity contribution in [1.29, 1.82) is 0 Å². The summed E-state index contributed by atoms with van der Waals surface area (Å²) in [4.78, 5) is 15.6. The molecule has 26 heavy (non-hydrogen) atoms. The van der Waals surface area contributed by atoms with Gasteiger partial charge in [-0.3, -0.25) is 4.79 Å². The van der Waals surface area contributed by atoms with Crippen LogP contribution in [0.15, 0.2) is 71.5 Å². The second-order valence-electron chi connectivity index (χ2n) is 5.64. The molecule has 0 spiro atoms. The Hall–Kier alpha value is -3.33. The van der Waals surface area contributed by atoms with Crippen molar-refractivity contribution in [3.05, 3.63) is 99.6 Å². The number of hydrogen-bond donors (Lipinski definition) is 0. The number of benzene rings is 2. The highest BCUT2D eigenvalue weighted by molar-refractivity contribution is 5.66. The van der Waals surface area contributed by atoms with Crippen LogP contribution in [0.25, 0.3) is 16.1 Å². The number of alkyl halides is 3. The molecule has 0 aliphatic heterocycles. The third-order valence-electron chi connectivity index (χ3n) is 3.94. The topological polar surface area (TPSA) is 26.4 Å². The Balaban J connectivity index is 2.31. The summed E-state index contributed by atoms with van der Waals surface area (Å²) in [5.41, 5.74) is -1.71. The molecule has 0 amide bonds. The Morgan fingerprint density at radius 2 is 1.54 bits per heavy atom. The van der Waals surface area contributed by atoms with Gasteiger partial charge in [-0.05, 0) is 17.2 Å². The zero-order valence-electron chi connectivity index (χ0n) is 13.5. The molecule has 0 radical (unpaired) electrons. The van der Waals surface area contributed by atoms with Crippen molar-refractivity contribution >= 4 is 5.69 Å². The Kier molecular flexibility index (Phi) is 4.63. The van der Waals surface area contributed by atoms with Crippen LogP contribution in [-0.4, -0.2) is 4.57 Å². The molecule has 0 aliphatic carbocycles. The summed E-state index contributed by atoms with van der Waals surface area (Å²) in [7, 11) is 0. The van der Waals surface area contributed by atoms with Crippen LogP contribution >= 0.6 is 0 Å². The van der Waals surface area contributed by atoms with Crippen LogP contribution in [0.2, 0.25) is 0 Å². The number of pyridine rings is 1. The number of halogens is 3. The van der Waals surface area contributed by atoms with Crippen molar-refractivity contribution < 1.29 is 13.2 Å². The van der Waals surface area contributed by atoms with Gasteiger partial charge < -0.3 is 4.57 Å². The molecule has 3 rings (SSSR count). The van der Waals surface area contributed by atoms with Crippen molar-refractivity contribution in [2.24, 2.45) is 0 Å². The van der Waals surface area contributed by atoms with Gasteiger partial charge in [0.2, 0.25) is 0 Å². The lowest BCUT2D eigenvalue weighted by atomic mass is 10.1. The van der Waals surface area contributed by atoms with Gasteiger partial charge in [-0.15, -0.1) is 0 Å². The molecule has 0 N–H and O–H groups in total. The van der Waals surface area contributed by atoms with E-state index >= 15 is 0 Å². The van der Waals surface area contributed by atoms with E-state index in [1.807, 2.05) is 6.07 Å². The van der Waals surface area contributed by atoms with Crippen LogP contribution in [0.5, 0.6) is 0 Å². The quantitative estimate of drug-likeness (QED) is 0.599. The monoisotopic (exact) mass is 354 g/mol. The van der Waals surface area contributed by atoms with Crippen molar-refractivity contribution in [1.82, 2.24) is 4.57 Å². The molecule has 3 nitrogen and oxygen atoms in total. The fraction of sp³-hybridized carbons (Fsp3) is 0.100. The zero-order valence-corrected chi connectivity index (χ0v) is 13.5. The lowest BCUT2D eigenvalue weighted by molar-refractivity contribution is -0.136. The number of aromatic nitrogens is 1. The van der Waals surface area contributed by atoms with E-state index in [0.717, 1.165) is 11.6 Å². The Morgan fingerprint density at radius 3 is 2.08 bits per heavy atom. The van der Waals surface area contributed by atoms with Crippen molar-refractivity contribution in [3.63, 3.8) is 0 Å². The molecule has 1 aromatic heterocycles. The fourth-order valence-corrected chi connectivity index (χ4v) is 2.73. The molecule has 1 heterocycles. The smallest absolute Gasteiger partial charge is 0.313 e. The minimum Gasteiger partial charge on any atom is -0.313 e. The molecular weight excluding hydrogens is 341 g/mol. The largest absolute Gasteiger partial charge is 0.407 e. The van der Waals surface area contributed by atoms with E-state index in [0.29, 0.717) is 5.56 Å². The molecule has 130 valence electrons. The van der Waals surface area contributed by atoms with E-state index in [1.54, 1.807) is 54.6 Å². The van der Waals surface area contributed by atoms with Crippen LogP contribution in [0.1, 0.15) is 11.1 Å². The lowest BCUT2D eigenvalue weighted by Crippen LogP contribution is -2.25. The first-order chi connectivity index (χ1) is 12.4. The summed E-state index contributed by atoms with van der Waals surface area (Å²) < 4.78 is 41.4. The predicted octanol–water partition coefficient (Wildman–Crippen LogP) is 5.13. The fourth-order valence-electron chi connectivity index (χ4n) is 2.73. The molecular formula is C20H13F3N2O. The molecule has 0 saturated heterocycles. The van der Waals surface area contributed by atoms with Gasteiger partial charge in [-0.2, -0.15) is 13.2 Å². The number of rotatable bonds is 3. The van der Waals surface area contributed by atoms with Crippen LogP contribution in [0.3, 0.4) is 0 Å².